The third-order valence-electron chi connectivity index (χ3n) is 4.69. The van der Waals surface area contributed by atoms with Crippen molar-refractivity contribution in [3.63, 3.8) is 0 Å². The molecule has 1 nitrogen and oxygen atoms in total. The first-order valence-electron chi connectivity index (χ1n) is 9.70. The summed E-state index contributed by atoms with van der Waals surface area (Å²) >= 11 is 0. The number of fused-ring (bicyclic) bond motifs is 5. The average Bonchev–Trinajstić information content (AvgIpc) is 2.94. The molecule has 102 valence electrons. The Kier molecular flexibility index (Phi) is 1.67. The highest BCUT2D eigenvalue weighted by Gasteiger charge is 2.41. The molecular weight excluding hydrogens is 242 g/mol. The van der Waals surface area contributed by atoms with E-state index in [9.17, 15) is 0 Å². The van der Waals surface area contributed by atoms with Crippen molar-refractivity contribution in [1.29, 1.82) is 0 Å². The van der Waals surface area contributed by atoms with Gasteiger partial charge in [0.1, 0.15) is 7.05 Å². The summed E-state index contributed by atoms with van der Waals surface area (Å²) in [5, 5.41) is 0. The Labute approximate surface area is 128 Å². The molecule has 2 aliphatic carbocycles. The van der Waals surface area contributed by atoms with Crippen LogP contribution in [0.25, 0.3) is 11.3 Å². The van der Waals surface area contributed by atoms with Gasteiger partial charge in [0.15, 0.2) is 6.20 Å². The minimum absolute atomic E-state index is 0.336. The van der Waals surface area contributed by atoms with E-state index in [4.69, 9.17) is 6.85 Å². The second kappa shape index (κ2) is 4.18. The minimum Gasteiger partial charge on any atom is -0.201 e. The fourth-order valence-electron chi connectivity index (χ4n) is 3.73. The van der Waals surface area contributed by atoms with Crippen molar-refractivity contribution in [3.05, 3.63) is 52.7 Å². The van der Waals surface area contributed by atoms with Gasteiger partial charge in [-0.15, -0.1) is 0 Å². The van der Waals surface area contributed by atoms with Crippen molar-refractivity contribution in [2.45, 2.75) is 44.8 Å². The Morgan fingerprint density at radius 2 is 2.10 bits per heavy atom. The van der Waals surface area contributed by atoms with Crippen molar-refractivity contribution < 1.29 is 11.4 Å². The normalized spacial score (nSPS) is 34.8. The quantitative estimate of drug-likeness (QED) is 0.684. The molecule has 2 bridgehead atoms. The van der Waals surface area contributed by atoms with Gasteiger partial charge in [0, 0.05) is 24.0 Å². The van der Waals surface area contributed by atoms with Crippen LogP contribution in [-0.2, 0) is 7.05 Å². The monoisotopic (exact) mass is 269 g/mol. The van der Waals surface area contributed by atoms with Crippen LogP contribution in [0, 0.1) is 13.8 Å². The van der Waals surface area contributed by atoms with Gasteiger partial charge in [0.25, 0.3) is 0 Å². The van der Waals surface area contributed by atoms with Crippen LogP contribution < -0.4 is 4.57 Å². The van der Waals surface area contributed by atoms with Crippen molar-refractivity contribution in [3.8, 4) is 11.3 Å². The van der Waals surface area contributed by atoms with E-state index in [0.29, 0.717) is 18.4 Å². The van der Waals surface area contributed by atoms with E-state index in [2.05, 4.69) is 0 Å². The van der Waals surface area contributed by atoms with Crippen molar-refractivity contribution >= 4 is 0 Å². The first-order chi connectivity index (χ1) is 11.6. The standard InChI is InChI=1S/C19H22N/c1-12-4-7-16(13(2)10-12)19-18-15-6-5-14(11-15)17(18)8-9-20(19)3/h4,7-10,14-15H,5-6,11H2,1-3H3/q+1/i1D3,14D,15D. The van der Waals surface area contributed by atoms with Crippen molar-refractivity contribution in [1.82, 2.24) is 0 Å². The molecule has 1 saturated carbocycles. The van der Waals surface area contributed by atoms with Crippen LogP contribution in [0.2, 0.25) is 0 Å². The highest BCUT2D eigenvalue weighted by Crippen LogP contribution is 2.54. The van der Waals surface area contributed by atoms with Crippen LogP contribution in [0.5, 0.6) is 0 Å². The van der Waals surface area contributed by atoms with Gasteiger partial charge < -0.3 is 0 Å². The van der Waals surface area contributed by atoms with Crippen LogP contribution in [0.3, 0.4) is 0 Å². The first kappa shape index (κ1) is 7.97. The van der Waals surface area contributed by atoms with Gasteiger partial charge in [0.2, 0.25) is 5.69 Å². The Bertz CT molecular complexity index is 888. The van der Waals surface area contributed by atoms with Gasteiger partial charge in [-0.25, -0.2) is 4.57 Å². The number of aromatic nitrogens is 1. The number of hydrogen-bond donors (Lipinski definition) is 0. The molecule has 2 unspecified atom stereocenters. The zero-order chi connectivity index (χ0) is 18.2. The first-order valence-corrected chi connectivity index (χ1v) is 7.20. The Balaban J connectivity index is 1.96. The molecule has 1 heterocycles. The van der Waals surface area contributed by atoms with E-state index in [-0.39, 0.29) is 0 Å². The van der Waals surface area contributed by atoms with Crippen LogP contribution in [0.1, 0.15) is 60.2 Å². The van der Waals surface area contributed by atoms with Crippen LogP contribution >= 0.6 is 0 Å². The van der Waals surface area contributed by atoms with E-state index in [1.54, 1.807) is 12.1 Å². The smallest absolute Gasteiger partial charge is 0.201 e. The Morgan fingerprint density at radius 1 is 1.25 bits per heavy atom. The lowest BCUT2D eigenvalue weighted by molar-refractivity contribution is -0.660. The number of nitrogens with zero attached hydrogens (tertiary/aromatic N) is 1. The topological polar surface area (TPSA) is 3.88 Å². The van der Waals surface area contributed by atoms with Crippen molar-refractivity contribution in [2.75, 3.05) is 0 Å². The minimum atomic E-state index is -2.12. The fourth-order valence-corrected chi connectivity index (χ4v) is 3.73. The number of pyridine rings is 1. The summed E-state index contributed by atoms with van der Waals surface area (Å²) in [6.07, 6.45) is 3.98. The van der Waals surface area contributed by atoms with Gasteiger partial charge in [-0.1, -0.05) is 17.7 Å². The average molecular weight is 269 g/mol. The molecule has 2 atom stereocenters. The van der Waals surface area contributed by atoms with E-state index in [0.717, 1.165) is 34.4 Å². The number of aryl methyl sites for hydroxylation is 3. The summed E-state index contributed by atoms with van der Waals surface area (Å²) in [5.74, 6) is -1.35. The lowest BCUT2D eigenvalue weighted by Crippen LogP contribution is -2.33. The third-order valence-corrected chi connectivity index (χ3v) is 4.69. The SMILES string of the molecule is [2H]C([2H])([2H])c1ccc(-c2c3c(cc[n+]2C)C2([2H])CCC3([2H])C2)c(C)c1. The molecule has 20 heavy (non-hydrogen) atoms. The van der Waals surface area contributed by atoms with Crippen LogP contribution in [0.4, 0.5) is 0 Å². The van der Waals surface area contributed by atoms with E-state index in [1.807, 2.05) is 36.9 Å². The van der Waals surface area contributed by atoms with Crippen molar-refractivity contribution in [2.24, 2.45) is 7.05 Å². The lowest BCUT2D eigenvalue weighted by atomic mass is 9.87. The molecule has 2 aromatic rings. The van der Waals surface area contributed by atoms with E-state index >= 15 is 0 Å². The van der Waals surface area contributed by atoms with E-state index in [1.165, 1.54) is 0 Å². The van der Waals surface area contributed by atoms with E-state index < -0.39 is 18.6 Å². The largest absolute Gasteiger partial charge is 0.216 e. The summed E-state index contributed by atoms with van der Waals surface area (Å²) < 4.78 is 42.6. The summed E-state index contributed by atoms with van der Waals surface area (Å²) in [7, 11) is 1.96. The molecule has 1 fully saturated rings. The van der Waals surface area contributed by atoms with Crippen LogP contribution in [-0.4, -0.2) is 0 Å². The summed E-state index contributed by atoms with van der Waals surface area (Å²) in [6.45, 7) is -0.199. The molecule has 0 radical (unpaired) electrons. The molecule has 2 aliphatic rings. The zero-order valence-corrected chi connectivity index (χ0v) is 12.0. The predicted octanol–water partition coefficient (Wildman–Crippen LogP) is 4.16. The number of benzene rings is 1. The lowest BCUT2D eigenvalue weighted by Gasteiger charge is -2.17. The Morgan fingerprint density at radius 3 is 2.90 bits per heavy atom. The molecule has 0 saturated heterocycles. The van der Waals surface area contributed by atoms with Gasteiger partial charge in [-0.05, 0) is 62.0 Å². The maximum absolute atomic E-state index is 8.95. The summed E-state index contributed by atoms with van der Waals surface area (Å²) in [5.41, 5.74) is 5.07. The molecule has 0 N–H and O–H groups in total. The molecule has 0 aliphatic heterocycles. The van der Waals surface area contributed by atoms with Gasteiger partial charge >= 0.3 is 0 Å². The molecule has 0 spiro atoms. The molecular formula is C19H22N+. The highest BCUT2D eigenvalue weighted by molar-refractivity contribution is 5.68. The van der Waals surface area contributed by atoms with Gasteiger partial charge in [-0.2, -0.15) is 0 Å². The number of hydrogen-bond acceptors (Lipinski definition) is 0. The summed E-state index contributed by atoms with van der Waals surface area (Å²) in [4.78, 5) is 0. The second-order valence-electron chi connectivity index (χ2n) is 5.98. The summed E-state index contributed by atoms with van der Waals surface area (Å²) in [6, 6.07) is 7.24. The molecule has 1 aromatic carbocycles. The third kappa shape index (κ3) is 1.59. The maximum Gasteiger partial charge on any atom is 0.216 e. The highest BCUT2D eigenvalue weighted by atomic mass is 14.9. The molecule has 1 heteroatoms. The number of rotatable bonds is 1. The predicted molar refractivity (Wildman–Crippen MR) is 81.9 cm³/mol. The fraction of sp³-hybridized carbons (Fsp3) is 0.421. The van der Waals surface area contributed by atoms with Crippen LogP contribution in [0.15, 0.2) is 30.5 Å². The van der Waals surface area contributed by atoms with Gasteiger partial charge in [0.05, 0.1) is 0 Å². The molecule has 4 rings (SSSR count). The maximum atomic E-state index is 8.95. The Hall–Kier alpha value is -1.63. The van der Waals surface area contributed by atoms with Gasteiger partial charge in [-0.3, -0.25) is 0 Å². The second-order valence-corrected chi connectivity index (χ2v) is 5.98. The zero-order valence-electron chi connectivity index (χ0n) is 17.0. The molecule has 0 amide bonds. The molecule has 1 aromatic heterocycles.